The van der Waals surface area contributed by atoms with Gasteiger partial charge in [-0.15, -0.1) is 9.24 Å². The molecule has 0 saturated heterocycles. The number of rotatable bonds is 16. The number of carbonyl (C=O) groups excluding carboxylic acids is 1. The average molecular weight is 1370 g/mol. The molecule has 5 N–H and O–H groups in total. The Balaban J connectivity index is 0.000000348. The molecule has 0 aromatic rings. The maximum Gasteiger partial charge on any atom is 2.00 e. The predicted octanol–water partition coefficient (Wildman–Crippen LogP) is 18.9. The minimum absolute atomic E-state index is 0. The summed E-state index contributed by atoms with van der Waals surface area (Å²) in [6.07, 6.45) is 47.8. The third-order valence-corrected chi connectivity index (χ3v) is 31.8. The van der Waals surface area contributed by atoms with Crippen LogP contribution >= 0.6 is 9.24 Å². The summed E-state index contributed by atoms with van der Waals surface area (Å²) in [5, 5.41) is 52.2. The summed E-state index contributed by atoms with van der Waals surface area (Å²) in [6, 6.07) is 0. The Bertz CT molecular complexity index is 2170. The van der Waals surface area contributed by atoms with Gasteiger partial charge in [-0.25, -0.2) is 0 Å². The second kappa shape index (κ2) is 38.6. The van der Waals surface area contributed by atoms with Gasteiger partial charge in [0.05, 0.1) is 22.9 Å². The minimum Gasteiger partial charge on any atom is -1.00 e. The van der Waals surface area contributed by atoms with Gasteiger partial charge in [0.2, 0.25) is 0 Å². The van der Waals surface area contributed by atoms with Crippen LogP contribution in [0.2, 0.25) is 0 Å². The summed E-state index contributed by atoms with van der Waals surface area (Å²) in [5.74, 6) is 18.8. The molecule has 0 aromatic heterocycles. The van der Waals surface area contributed by atoms with Crippen molar-refractivity contribution in [3.05, 3.63) is 6.42 Å². The van der Waals surface area contributed by atoms with Gasteiger partial charge < -0.3 is 49.2 Å². The molecule has 12 aliphatic carbocycles. The van der Waals surface area contributed by atoms with E-state index in [1.807, 2.05) is 20.3 Å². The largest absolute Gasteiger partial charge is 2.00 e. The standard InChI is InChI=1S/C28H50O2.C25H44O2.C25H42O2.C3H7.CH5P.3CH4.ClH.Mg/c1-6-28(30)16-14-21-20(17-28)8-9-23-22(21)13-15-27(5)24(10-11-25(23)27)19(4)7-12-26(29)18(2)3;2*1-4-25(27)14-12-19-18(16-25)7-8-21-20(19)11-13-24(3)22(9-10-23(21)24)17(2)6-5-15-26;1-3-2;1-2;;;;;/h18-26,29-30H,6-17H2,1-5H3;17-23,26-27H,4-16H2,1-3H3;15,17-23,27H,4-14,16H2,1-3H3;3H,1-2H3;2H2,1H3;3*1H4;1H;/q;;;-1;;;;;;+2/p-1/t19-,20+,21+,22-,23-,24-,25+,26?,27-,28+;2*17-,18+,19+,20-,21-,22-,23+,24-,25+;;;;;;;/m111......./s1/i;;;;1D;;;;;. The van der Waals surface area contributed by atoms with Crippen LogP contribution in [0, 0.1) is 153 Å². The van der Waals surface area contributed by atoms with Crippen molar-refractivity contribution in [1.29, 1.82) is 0 Å². The first-order chi connectivity index (χ1) is 42.8. The molecular weight excluding hydrogens is 1210 g/mol. The van der Waals surface area contributed by atoms with Crippen molar-refractivity contribution in [2.24, 2.45) is 146 Å². The van der Waals surface area contributed by atoms with Gasteiger partial charge in [-0.2, -0.15) is 13.8 Å². The summed E-state index contributed by atoms with van der Waals surface area (Å²) in [5.41, 5.74) is 0.554. The maximum absolute atomic E-state index is 10.9. The summed E-state index contributed by atoms with van der Waals surface area (Å²) >= 11 is 0. The summed E-state index contributed by atoms with van der Waals surface area (Å²) in [6.45, 7) is 30.9. The van der Waals surface area contributed by atoms with E-state index in [1.165, 1.54) is 148 Å². The quantitative estimate of drug-likeness (QED) is 0.0455. The fourth-order valence-corrected chi connectivity index (χ4v) is 26.9. The molecule has 12 rings (SSSR count). The van der Waals surface area contributed by atoms with E-state index in [1.54, 1.807) is 0 Å². The van der Waals surface area contributed by atoms with Gasteiger partial charge in [-0.1, -0.05) is 105 Å². The number of aliphatic hydroxyl groups excluding tert-OH is 2. The molecule has 0 spiro atoms. The average Bonchev–Trinajstić information content (AvgIpc) is 1.70. The molecule has 0 aromatic carbocycles. The van der Waals surface area contributed by atoms with Crippen molar-refractivity contribution in [3.63, 3.8) is 0 Å². The molecule has 0 aliphatic heterocycles. The van der Waals surface area contributed by atoms with Gasteiger partial charge in [0.1, 0.15) is 6.29 Å². The van der Waals surface area contributed by atoms with Crippen LogP contribution in [0.3, 0.4) is 0 Å². The van der Waals surface area contributed by atoms with Crippen molar-refractivity contribution in [2.75, 3.05) is 13.2 Å². The van der Waals surface area contributed by atoms with Gasteiger partial charge in [0.15, 0.2) is 0 Å². The molecule has 0 radical (unpaired) electrons. The third kappa shape index (κ3) is 18.9. The van der Waals surface area contributed by atoms with E-state index in [9.17, 15) is 30.3 Å². The Morgan fingerprint density at radius 3 is 1.06 bits per heavy atom. The van der Waals surface area contributed by atoms with Crippen molar-refractivity contribution in [3.8, 4) is 0 Å². The number of carbonyl (C=O) groups is 1. The molecule has 12 aliphatic rings. The molecule has 29 atom stereocenters. The van der Waals surface area contributed by atoms with E-state index in [2.05, 4.69) is 85.4 Å². The monoisotopic (exact) mass is 1370 g/mol. The molecule has 2 unspecified atom stereocenters. The Morgan fingerprint density at radius 1 is 0.479 bits per heavy atom. The van der Waals surface area contributed by atoms with E-state index in [0.29, 0.717) is 41.3 Å². The van der Waals surface area contributed by atoms with Crippen LogP contribution in [0.1, 0.15) is 345 Å². The molecule has 12 fully saturated rings. The zero-order valence-electron chi connectivity index (χ0n) is 62.6. The number of aliphatic hydroxyl groups is 5. The first kappa shape index (κ1) is 87.4. The van der Waals surface area contributed by atoms with Gasteiger partial charge in [0, 0.05) is 14.4 Å². The van der Waals surface area contributed by atoms with Gasteiger partial charge in [-0.3, -0.25) is 0 Å². The zero-order valence-corrected chi connectivity index (χ0v) is 64.9. The van der Waals surface area contributed by atoms with Gasteiger partial charge >= 0.3 is 23.1 Å². The van der Waals surface area contributed by atoms with E-state index in [-0.39, 0.29) is 80.6 Å². The molecule has 12 saturated carbocycles. The van der Waals surface area contributed by atoms with E-state index in [4.69, 9.17) is 1.37 Å². The molecule has 550 valence electrons. The Kier molecular flexibility index (Phi) is 35.9. The molecule has 0 heterocycles. The number of halogens is 1. The van der Waals surface area contributed by atoms with E-state index in [0.717, 1.165) is 208 Å². The Morgan fingerprint density at radius 2 is 0.777 bits per heavy atom. The predicted molar refractivity (Wildman–Crippen MR) is 404 cm³/mol. The zero-order chi connectivity index (χ0) is 65.6. The van der Waals surface area contributed by atoms with Crippen LogP contribution in [-0.4, -0.2) is 91.0 Å². The molecule has 6 nitrogen and oxygen atoms in total. The number of aldehydes is 1. The van der Waals surface area contributed by atoms with Crippen molar-refractivity contribution in [1.82, 2.24) is 0 Å². The summed E-state index contributed by atoms with van der Waals surface area (Å²) < 4.78 is 6.17. The SMILES string of the molecule is C.C.C.CC[C@]1(O)CC[C@H]2[C@@H](CC[C@@H]3[C@@H]2CC[C@]2(C)[C@@H]([C@H](C)CCC(O)C(C)C)CC[C@@H]32)C1.CC[C@]1(O)CC[C@H]2[C@@H](CC[C@@H]3[C@@H]2CC[C@]2(C)[C@@H]([C@H](C)CCC=O)CC[C@@H]32)C1.CC[C@]1(O)CC[C@H]2[C@@H](CC[C@@H]3[C@@H]2CC[C@]2(C)[C@@H]([C@H](C)CCCO)CC[C@@H]32)C1.C[CH-]C.[2H]CP.[Cl-].[Mg+2]. The summed E-state index contributed by atoms with van der Waals surface area (Å²) in [4.78, 5) is 10.9. The van der Waals surface area contributed by atoms with Crippen molar-refractivity contribution < 1.29 is 44.1 Å². The van der Waals surface area contributed by atoms with Gasteiger partial charge in [-0.05, 0) is 371 Å². The number of hydrogen-bond acceptors (Lipinski definition) is 6. The summed E-state index contributed by atoms with van der Waals surface area (Å²) in [7, 11) is 2.25. The van der Waals surface area contributed by atoms with Crippen molar-refractivity contribution >= 4 is 38.6 Å². The van der Waals surface area contributed by atoms with Crippen LogP contribution in [0.25, 0.3) is 0 Å². The van der Waals surface area contributed by atoms with Crippen LogP contribution in [0.4, 0.5) is 0 Å². The molecule has 0 amide bonds. The first-order valence-corrected chi connectivity index (χ1v) is 40.3. The smallest absolute Gasteiger partial charge is 1.00 e. The van der Waals surface area contributed by atoms with Crippen LogP contribution in [0.15, 0.2) is 0 Å². The van der Waals surface area contributed by atoms with E-state index < -0.39 is 0 Å². The molecule has 9 heteroatoms. The van der Waals surface area contributed by atoms with Crippen LogP contribution < -0.4 is 12.4 Å². The topological polar surface area (TPSA) is 118 Å². The third-order valence-electron chi connectivity index (χ3n) is 31.8. The van der Waals surface area contributed by atoms with Crippen LogP contribution in [0.5, 0.6) is 0 Å². The number of hydrogen-bond donors (Lipinski definition) is 5. The van der Waals surface area contributed by atoms with E-state index >= 15 is 0 Å². The van der Waals surface area contributed by atoms with Crippen molar-refractivity contribution in [2.45, 2.75) is 366 Å². The van der Waals surface area contributed by atoms with Crippen LogP contribution in [-0.2, 0) is 4.79 Å². The minimum atomic E-state index is -0.357. The fraction of sp³-hybridized carbons (Fsp3) is 0.976. The molecular formula is C85H160ClMgO6P. The number of fused-ring (bicyclic) bond motifs is 15. The Hall–Kier alpha value is 0.956. The Labute approximate surface area is 611 Å². The molecule has 94 heavy (non-hydrogen) atoms. The maximum atomic E-state index is 10.9. The second-order valence-electron chi connectivity index (χ2n) is 36.0. The van der Waals surface area contributed by atoms with Gasteiger partial charge in [0.25, 0.3) is 0 Å². The first-order valence-electron chi connectivity index (χ1n) is 40.2. The molecule has 0 bridgehead atoms. The normalized spacial score (nSPS) is 44.7. The fourth-order valence-electron chi connectivity index (χ4n) is 26.9. The second-order valence-corrected chi connectivity index (χ2v) is 36.0.